The number of carbonyl (C=O) groups excluding carboxylic acids is 1. The van der Waals surface area contributed by atoms with Gasteiger partial charge in [-0.2, -0.15) is 5.10 Å². The van der Waals surface area contributed by atoms with Crippen molar-refractivity contribution in [2.24, 2.45) is 5.10 Å². The number of anilines is 1. The summed E-state index contributed by atoms with van der Waals surface area (Å²) in [5, 5.41) is 17.8. The Balaban J connectivity index is 1.31. The van der Waals surface area contributed by atoms with Crippen molar-refractivity contribution in [3.8, 4) is 23.0 Å². The number of amides is 1. The van der Waals surface area contributed by atoms with Crippen LogP contribution in [0.5, 0.6) is 23.0 Å². The van der Waals surface area contributed by atoms with Gasteiger partial charge in [0.1, 0.15) is 6.61 Å². The first-order valence-corrected chi connectivity index (χ1v) is 11.7. The van der Waals surface area contributed by atoms with Gasteiger partial charge < -0.3 is 24.3 Å². The van der Waals surface area contributed by atoms with Crippen LogP contribution in [0.1, 0.15) is 11.1 Å². The van der Waals surface area contributed by atoms with Crippen LogP contribution in [-0.4, -0.2) is 37.5 Å². The molecule has 0 unspecified atom stereocenters. The minimum absolute atomic E-state index is 0.0188. The molecular weight excluding hydrogens is 583 g/mol. The van der Waals surface area contributed by atoms with Crippen molar-refractivity contribution in [3.63, 3.8) is 0 Å². The second kappa shape index (κ2) is 11.6. The number of nitro groups is 1. The molecule has 1 aliphatic rings. The van der Waals surface area contributed by atoms with E-state index in [1.807, 2.05) is 6.07 Å². The van der Waals surface area contributed by atoms with E-state index in [1.54, 1.807) is 36.4 Å². The second-order valence-electron chi connectivity index (χ2n) is 7.46. The lowest BCUT2D eigenvalue weighted by atomic mass is 10.2. The van der Waals surface area contributed by atoms with Crippen molar-refractivity contribution >= 4 is 46.1 Å². The fourth-order valence-corrected chi connectivity index (χ4v) is 4.01. The van der Waals surface area contributed by atoms with Gasteiger partial charge in [0, 0.05) is 23.9 Å². The monoisotopic (exact) mass is 604 g/mol. The number of carbonyl (C=O) groups is 1. The van der Waals surface area contributed by atoms with E-state index < -0.39 is 4.92 Å². The van der Waals surface area contributed by atoms with Crippen LogP contribution in [0, 0.1) is 13.7 Å². The number of non-ortho nitro benzene ring substituents is 1. The van der Waals surface area contributed by atoms with Gasteiger partial charge in [0.25, 0.3) is 11.6 Å². The van der Waals surface area contributed by atoms with Crippen LogP contribution in [0.25, 0.3) is 0 Å². The first kappa shape index (κ1) is 25.0. The maximum absolute atomic E-state index is 12.1. The molecule has 0 aromatic heterocycles. The van der Waals surface area contributed by atoms with Crippen LogP contribution >= 0.6 is 22.6 Å². The summed E-state index contributed by atoms with van der Waals surface area (Å²) in [6.07, 6.45) is 1.50. The number of hydrogen-bond donors (Lipinski definition) is 2. The van der Waals surface area contributed by atoms with Crippen LogP contribution in [0.2, 0.25) is 0 Å². The van der Waals surface area contributed by atoms with E-state index in [9.17, 15) is 14.9 Å². The van der Waals surface area contributed by atoms with Crippen molar-refractivity contribution in [2.45, 2.75) is 6.61 Å². The molecule has 0 bridgehead atoms. The highest BCUT2D eigenvalue weighted by molar-refractivity contribution is 14.1. The zero-order chi connectivity index (χ0) is 25.5. The molecule has 11 nitrogen and oxygen atoms in total. The minimum atomic E-state index is -0.449. The quantitative estimate of drug-likeness (QED) is 0.153. The Bertz CT molecular complexity index is 1300. The van der Waals surface area contributed by atoms with Gasteiger partial charge in [0.2, 0.25) is 6.79 Å². The molecule has 186 valence electrons. The summed E-state index contributed by atoms with van der Waals surface area (Å²) in [6.45, 7) is 0.419. The number of fused-ring (bicyclic) bond motifs is 1. The van der Waals surface area contributed by atoms with Gasteiger partial charge in [0.15, 0.2) is 23.0 Å². The first-order valence-electron chi connectivity index (χ1n) is 10.6. The van der Waals surface area contributed by atoms with E-state index in [-0.39, 0.29) is 31.5 Å². The van der Waals surface area contributed by atoms with Gasteiger partial charge in [-0.05, 0) is 70.1 Å². The van der Waals surface area contributed by atoms with Gasteiger partial charge in [-0.3, -0.25) is 14.9 Å². The van der Waals surface area contributed by atoms with Gasteiger partial charge in [0.05, 0.1) is 28.4 Å². The lowest BCUT2D eigenvalue weighted by Crippen LogP contribution is -2.25. The Hall–Kier alpha value is -4.07. The molecule has 0 saturated carbocycles. The summed E-state index contributed by atoms with van der Waals surface area (Å²) < 4.78 is 22.7. The molecule has 36 heavy (non-hydrogen) atoms. The van der Waals surface area contributed by atoms with Gasteiger partial charge in [-0.15, -0.1) is 0 Å². The maximum Gasteiger partial charge on any atom is 0.269 e. The lowest BCUT2D eigenvalue weighted by molar-refractivity contribution is -0.384. The zero-order valence-electron chi connectivity index (χ0n) is 19.0. The summed E-state index contributed by atoms with van der Waals surface area (Å²) in [6, 6.07) is 15.0. The van der Waals surface area contributed by atoms with E-state index in [4.69, 9.17) is 18.9 Å². The molecule has 12 heteroatoms. The third kappa shape index (κ3) is 6.33. The van der Waals surface area contributed by atoms with Gasteiger partial charge in [-0.25, -0.2) is 5.43 Å². The number of hydrazone groups is 1. The average Bonchev–Trinajstić information content (AvgIpc) is 3.35. The highest BCUT2D eigenvalue weighted by Gasteiger charge is 2.14. The standard InChI is InChI=1S/C24H21IN4O7/c1-33-22-9-16(8-19(25)24(22)34-13-15-2-5-18(6-3-15)29(31)32)11-27-28-23(30)12-26-17-4-7-20-21(10-17)36-14-35-20/h2-11,26H,12-14H2,1H3,(H,28,30)/b27-11-. The summed E-state index contributed by atoms with van der Waals surface area (Å²) in [7, 11) is 1.52. The smallest absolute Gasteiger partial charge is 0.269 e. The lowest BCUT2D eigenvalue weighted by Gasteiger charge is -2.13. The molecule has 0 spiro atoms. The van der Waals surface area contributed by atoms with Crippen molar-refractivity contribution in [1.82, 2.24) is 5.43 Å². The Morgan fingerprint density at radius 1 is 1.17 bits per heavy atom. The summed E-state index contributed by atoms with van der Waals surface area (Å²) in [5.41, 5.74) is 4.69. The largest absolute Gasteiger partial charge is 0.493 e. The number of benzene rings is 3. The zero-order valence-corrected chi connectivity index (χ0v) is 21.2. The highest BCUT2D eigenvalue weighted by Crippen LogP contribution is 2.35. The predicted molar refractivity (Wildman–Crippen MR) is 140 cm³/mol. The molecule has 0 radical (unpaired) electrons. The molecule has 0 aliphatic carbocycles. The Morgan fingerprint density at radius 3 is 2.69 bits per heavy atom. The number of ether oxygens (including phenoxy) is 4. The van der Waals surface area contributed by atoms with Crippen LogP contribution in [0.15, 0.2) is 59.7 Å². The normalized spacial score (nSPS) is 11.8. The Kier molecular flexibility index (Phi) is 8.05. The van der Waals surface area contributed by atoms with E-state index in [0.717, 1.165) is 14.8 Å². The Morgan fingerprint density at radius 2 is 1.94 bits per heavy atom. The van der Waals surface area contributed by atoms with E-state index in [2.05, 4.69) is 38.4 Å². The van der Waals surface area contributed by atoms with Gasteiger partial charge in [-0.1, -0.05) is 0 Å². The number of halogens is 1. The minimum Gasteiger partial charge on any atom is -0.493 e. The third-order valence-corrected chi connectivity index (χ3v) is 5.81. The van der Waals surface area contributed by atoms with Crippen molar-refractivity contribution in [3.05, 3.63) is 79.4 Å². The molecule has 0 fully saturated rings. The topological polar surface area (TPSA) is 134 Å². The number of nitrogens with zero attached hydrogens (tertiary/aromatic N) is 2. The average molecular weight is 604 g/mol. The fraction of sp³-hybridized carbons (Fsp3) is 0.167. The maximum atomic E-state index is 12.1. The third-order valence-electron chi connectivity index (χ3n) is 5.01. The molecule has 0 saturated heterocycles. The predicted octanol–water partition coefficient (Wildman–Crippen LogP) is 4.08. The fourth-order valence-electron chi connectivity index (χ4n) is 3.23. The highest BCUT2D eigenvalue weighted by atomic mass is 127. The number of nitrogens with one attached hydrogen (secondary N) is 2. The van der Waals surface area contributed by atoms with Crippen LogP contribution in [0.3, 0.4) is 0 Å². The van der Waals surface area contributed by atoms with Crippen molar-refractivity contribution in [2.75, 3.05) is 25.8 Å². The summed E-state index contributed by atoms with van der Waals surface area (Å²) >= 11 is 2.12. The van der Waals surface area contributed by atoms with Crippen molar-refractivity contribution < 1.29 is 28.7 Å². The molecule has 3 aromatic rings. The molecule has 1 aliphatic heterocycles. The van der Waals surface area contributed by atoms with Crippen LogP contribution in [0.4, 0.5) is 11.4 Å². The molecule has 4 rings (SSSR count). The number of rotatable bonds is 10. The SMILES string of the molecule is COc1cc(/C=N\NC(=O)CNc2ccc3c(c2)OCO3)cc(I)c1OCc1ccc([N+](=O)[O-])cc1. The number of methoxy groups -OCH3 is 1. The molecule has 2 N–H and O–H groups in total. The summed E-state index contributed by atoms with van der Waals surface area (Å²) in [5.74, 6) is 1.99. The molecular formula is C24H21IN4O7. The van der Waals surface area contributed by atoms with Gasteiger partial charge >= 0.3 is 0 Å². The molecule has 3 aromatic carbocycles. The van der Waals surface area contributed by atoms with Crippen LogP contribution < -0.4 is 29.7 Å². The summed E-state index contributed by atoms with van der Waals surface area (Å²) in [4.78, 5) is 22.5. The van der Waals surface area contributed by atoms with E-state index >= 15 is 0 Å². The molecule has 1 heterocycles. The van der Waals surface area contributed by atoms with E-state index in [1.165, 1.54) is 25.5 Å². The number of nitro benzene ring substituents is 1. The van der Waals surface area contributed by atoms with E-state index in [0.29, 0.717) is 28.6 Å². The second-order valence-corrected chi connectivity index (χ2v) is 8.62. The van der Waals surface area contributed by atoms with Crippen LogP contribution in [-0.2, 0) is 11.4 Å². The molecule has 0 atom stereocenters. The molecule has 1 amide bonds. The number of hydrogen-bond acceptors (Lipinski definition) is 9. The first-order chi connectivity index (χ1) is 17.4. The van der Waals surface area contributed by atoms with Crippen molar-refractivity contribution in [1.29, 1.82) is 0 Å². The Labute approximate surface area is 219 Å².